The number of rotatable bonds is 14. The third-order valence-electron chi connectivity index (χ3n) is 7.19. The number of hydrogen-bond acceptors (Lipinski definition) is 18. The summed E-state index contributed by atoms with van der Waals surface area (Å²) >= 11 is 1.47. The monoisotopic (exact) mass is 756 g/mol. The van der Waals surface area contributed by atoms with Gasteiger partial charge in [-0.3, -0.25) is 18.5 Å². The number of anilines is 2. The predicted molar refractivity (Wildman–Crippen MR) is 165 cm³/mol. The molecule has 10 N–H and O–H groups in total. The number of aromatic nitrogens is 6. The Hall–Kier alpha value is -2.43. The van der Waals surface area contributed by atoms with Crippen molar-refractivity contribution in [1.82, 2.24) is 29.5 Å². The summed E-state index contributed by atoms with van der Waals surface area (Å²) < 4.78 is 61.7. The van der Waals surface area contributed by atoms with Crippen LogP contribution in [0.2, 0.25) is 0 Å². The van der Waals surface area contributed by atoms with Crippen LogP contribution in [0.15, 0.2) is 29.5 Å². The first kappa shape index (κ1) is 36.8. The molecule has 22 nitrogen and oxygen atoms in total. The van der Waals surface area contributed by atoms with Crippen molar-refractivity contribution < 1.29 is 65.9 Å². The molecule has 0 bridgehead atoms. The van der Waals surface area contributed by atoms with E-state index in [1.807, 2.05) is 6.92 Å². The molecule has 264 valence electrons. The molecule has 48 heavy (non-hydrogen) atoms. The number of quaternary nitrogens is 1. The first-order valence-electron chi connectivity index (χ1n) is 13.9. The van der Waals surface area contributed by atoms with Crippen molar-refractivity contribution in [3.05, 3.63) is 40.8 Å². The maximum Gasteiger partial charge on any atom is 0.490 e. The van der Waals surface area contributed by atoms with Gasteiger partial charge in [0.05, 0.1) is 25.1 Å². The number of aryl methyl sites for hydroxylation is 1. The molecule has 5 rings (SSSR count). The second-order valence-electron chi connectivity index (χ2n) is 10.5. The first-order chi connectivity index (χ1) is 22.5. The van der Waals surface area contributed by atoms with E-state index in [4.69, 9.17) is 20.7 Å². The number of hydrogen-bond donors (Lipinski definition) is 8. The molecule has 2 aliphatic rings. The lowest BCUT2D eigenvalue weighted by Crippen LogP contribution is -3.06. The van der Waals surface area contributed by atoms with Crippen molar-refractivity contribution in [3.8, 4) is 0 Å². The van der Waals surface area contributed by atoms with Crippen LogP contribution in [-0.4, -0.2) is 91.8 Å². The van der Waals surface area contributed by atoms with Crippen LogP contribution in [0.1, 0.15) is 31.0 Å². The van der Waals surface area contributed by atoms with E-state index in [1.54, 1.807) is 13.1 Å². The van der Waals surface area contributed by atoms with Crippen LogP contribution in [0.5, 0.6) is 0 Å². The van der Waals surface area contributed by atoms with E-state index in [-0.39, 0.29) is 23.4 Å². The Kier molecular flexibility index (Phi) is 11.1. The zero-order valence-corrected chi connectivity index (χ0v) is 28.7. The average Bonchev–Trinajstić information content (AvgIpc) is 3.64. The Labute approximate surface area is 275 Å². The molecule has 5 heterocycles. The van der Waals surface area contributed by atoms with Gasteiger partial charge in [0, 0.05) is 24.4 Å². The number of aliphatic hydroxyl groups excluding tert-OH is 2. The van der Waals surface area contributed by atoms with E-state index in [0.29, 0.717) is 24.1 Å². The molecule has 1 saturated heterocycles. The number of phosphoric acid groups is 3. The van der Waals surface area contributed by atoms with Crippen LogP contribution in [-0.2, 0) is 42.6 Å². The van der Waals surface area contributed by atoms with Crippen LogP contribution in [0.3, 0.4) is 0 Å². The summed E-state index contributed by atoms with van der Waals surface area (Å²) in [6.45, 7) is 2.72. The number of allylic oxidation sites excluding steroid dienone is 1. The second-order valence-corrected chi connectivity index (χ2v) is 16.2. The highest BCUT2D eigenvalue weighted by Crippen LogP contribution is 2.67. The summed E-state index contributed by atoms with van der Waals surface area (Å²) in [6, 6.07) is 0. The minimum absolute atomic E-state index is 0.0446. The van der Waals surface area contributed by atoms with Gasteiger partial charge < -0.3 is 41.1 Å². The van der Waals surface area contributed by atoms with Crippen LogP contribution in [0.4, 0.5) is 11.6 Å². The maximum atomic E-state index is 12.4. The molecule has 0 spiro atoms. The number of nitrogens with zero attached hydrogens (tertiary/aromatic N) is 6. The molecule has 2 aliphatic heterocycles. The van der Waals surface area contributed by atoms with Gasteiger partial charge in [-0.1, -0.05) is 11.8 Å². The lowest BCUT2D eigenvalue weighted by atomic mass is 10.1. The lowest BCUT2D eigenvalue weighted by molar-refractivity contribution is -0.859. The third kappa shape index (κ3) is 8.64. The number of nitrogens with one attached hydrogen (secondary N) is 1. The highest BCUT2D eigenvalue weighted by atomic mass is 32.2. The third-order valence-corrected chi connectivity index (χ3v) is 12.8. The highest BCUT2D eigenvalue weighted by Gasteiger charge is 2.47. The van der Waals surface area contributed by atoms with Crippen molar-refractivity contribution in [2.75, 3.05) is 30.6 Å². The van der Waals surface area contributed by atoms with Crippen molar-refractivity contribution in [2.45, 2.75) is 51.4 Å². The Morgan fingerprint density at radius 2 is 1.71 bits per heavy atom. The number of aliphatic hydroxyl groups is 2. The molecule has 8 unspecified atom stereocenters. The van der Waals surface area contributed by atoms with E-state index in [1.165, 1.54) is 22.7 Å². The van der Waals surface area contributed by atoms with Crippen LogP contribution in [0.25, 0.3) is 11.2 Å². The molecule has 0 amide bonds. The quantitative estimate of drug-likeness (QED) is 0.0960. The van der Waals surface area contributed by atoms with Gasteiger partial charge in [-0.15, -0.1) is 0 Å². The van der Waals surface area contributed by atoms with Gasteiger partial charge in [0.2, 0.25) is 0 Å². The van der Waals surface area contributed by atoms with Gasteiger partial charge in [0.25, 0.3) is 0 Å². The average molecular weight is 757 g/mol. The molecule has 8 atom stereocenters. The maximum absolute atomic E-state index is 12.4. The molecule has 3 aromatic rings. The van der Waals surface area contributed by atoms with Gasteiger partial charge >= 0.3 is 23.5 Å². The molecule has 0 aliphatic carbocycles. The van der Waals surface area contributed by atoms with Crippen molar-refractivity contribution in [3.63, 3.8) is 0 Å². The van der Waals surface area contributed by atoms with Crippen LogP contribution >= 0.6 is 35.2 Å². The fourth-order valence-corrected chi connectivity index (χ4v) is 9.57. The van der Waals surface area contributed by atoms with E-state index < -0.39 is 61.2 Å². The number of nitrogens with two attached hydrogens (primary N) is 2. The lowest BCUT2D eigenvalue weighted by Gasteiger charge is -2.20. The Morgan fingerprint density at radius 3 is 2.42 bits per heavy atom. The van der Waals surface area contributed by atoms with E-state index in [0.717, 1.165) is 27.4 Å². The summed E-state index contributed by atoms with van der Waals surface area (Å²) in [5, 5.41) is 20.9. The van der Waals surface area contributed by atoms with Gasteiger partial charge in [-0.05, 0) is 6.92 Å². The zero-order valence-electron chi connectivity index (χ0n) is 25.2. The standard InChI is InChI=1S/C22H32N9O13P3S/c1-11-15(48-10-30(11)6-13-5-25-12(2)29-19(13)23)3-4-40-45(34,35)43-47(38,39)44-46(36,37)41-7-14-17(32)18(33)22(42-14)31-9-28-16-20(24)26-8-27-21(16)31/h5,8-9,14,17-18,22,32-33H,3-4,6-7,10H2,1-2H3,(H,34,35)(H,36,37)(H,38,39)(H2,23,25,29)(H2,24,26,27)/p+1. The van der Waals surface area contributed by atoms with Crippen molar-refractivity contribution in [2.24, 2.45) is 0 Å². The minimum atomic E-state index is -5.76. The number of phosphoric ester groups is 2. The Bertz CT molecular complexity index is 1850. The van der Waals surface area contributed by atoms with Crippen LogP contribution < -0.4 is 16.4 Å². The molecule has 0 saturated carbocycles. The van der Waals surface area contributed by atoms with Gasteiger partial charge in [0.1, 0.15) is 59.9 Å². The van der Waals surface area contributed by atoms with Crippen molar-refractivity contribution in [1.29, 1.82) is 0 Å². The SMILES string of the molecule is CC1=C(CCOP(=O)(O)OP(=O)(O)OP(=O)(O)OCC2OC(n3cnc4c(N)ncnc43)C(O)C2O)SC[NH+]1Cc1cnc(C)nc1N. The molecule has 1 fully saturated rings. The topological polar surface area (TPSA) is 324 Å². The van der Waals surface area contributed by atoms with Gasteiger partial charge in [-0.2, -0.15) is 8.62 Å². The summed E-state index contributed by atoms with van der Waals surface area (Å²) in [6.07, 6.45) is -1.92. The fraction of sp³-hybridized carbons (Fsp3) is 0.500. The molecule has 26 heteroatoms. The summed E-state index contributed by atoms with van der Waals surface area (Å²) in [5.74, 6) is 1.59. The van der Waals surface area contributed by atoms with E-state index >= 15 is 0 Å². The minimum Gasteiger partial charge on any atom is -0.387 e. The number of thioether (sulfide) groups is 1. The van der Waals surface area contributed by atoms with Gasteiger partial charge in [-0.25, -0.2) is 38.6 Å². The van der Waals surface area contributed by atoms with E-state index in [2.05, 4.69) is 38.1 Å². The zero-order chi connectivity index (χ0) is 35.0. The molecule has 0 aromatic carbocycles. The summed E-state index contributed by atoms with van der Waals surface area (Å²) in [7, 11) is -16.6. The fourth-order valence-electron chi connectivity index (χ4n) is 4.81. The molecule has 3 aromatic heterocycles. The number of fused-ring (bicyclic) bond motifs is 1. The largest absolute Gasteiger partial charge is 0.490 e. The Balaban J connectivity index is 1.10. The number of imidazole rings is 1. The number of nitrogen functional groups attached to an aromatic ring is 2. The predicted octanol–water partition coefficient (Wildman–Crippen LogP) is -0.513. The summed E-state index contributed by atoms with van der Waals surface area (Å²) in [5.41, 5.74) is 13.7. The van der Waals surface area contributed by atoms with Gasteiger partial charge in [0.15, 0.2) is 17.7 Å². The van der Waals surface area contributed by atoms with Crippen molar-refractivity contribution >= 4 is 58.0 Å². The Morgan fingerprint density at radius 1 is 1.00 bits per heavy atom. The smallest absolute Gasteiger partial charge is 0.387 e. The number of ether oxygens (including phenoxy) is 1. The molecular weight excluding hydrogens is 723 g/mol. The van der Waals surface area contributed by atoms with Crippen LogP contribution in [0, 0.1) is 6.92 Å². The normalized spacial score (nSPS) is 26.9. The molecule has 0 radical (unpaired) electrons. The second kappa shape index (κ2) is 14.4. The van der Waals surface area contributed by atoms with E-state index in [9.17, 15) is 38.6 Å². The summed E-state index contributed by atoms with van der Waals surface area (Å²) in [4.78, 5) is 51.9. The molecular formula is C22H33N9O13P3S+. The first-order valence-corrected chi connectivity index (χ1v) is 19.3. The highest BCUT2D eigenvalue weighted by molar-refractivity contribution is 8.03.